The van der Waals surface area contributed by atoms with E-state index in [1.807, 2.05) is 36.4 Å². The first-order chi connectivity index (χ1) is 14.1. The zero-order chi connectivity index (χ0) is 20.4. The van der Waals surface area contributed by atoms with Crippen molar-refractivity contribution in [2.75, 3.05) is 20.8 Å². The normalized spacial score (nSPS) is 16.3. The molecule has 3 aromatic carbocycles. The van der Waals surface area contributed by atoms with Crippen LogP contribution < -0.4 is 9.47 Å². The number of phenolic OH excluding ortho intramolecular Hbond substituents is 1. The number of methoxy groups -OCH3 is 2. The van der Waals surface area contributed by atoms with Gasteiger partial charge in [0.2, 0.25) is 0 Å². The Morgan fingerprint density at radius 2 is 1.76 bits per heavy atom. The van der Waals surface area contributed by atoms with Crippen molar-refractivity contribution >= 4 is 11.6 Å². The van der Waals surface area contributed by atoms with Crippen molar-refractivity contribution in [2.24, 2.45) is 0 Å². The lowest BCUT2D eigenvalue weighted by Crippen LogP contribution is -2.35. The molecule has 4 nitrogen and oxygen atoms in total. The van der Waals surface area contributed by atoms with Gasteiger partial charge in [-0.2, -0.15) is 0 Å². The Bertz CT molecular complexity index is 1020. The first-order valence-corrected chi connectivity index (χ1v) is 9.99. The molecule has 1 atom stereocenters. The Morgan fingerprint density at radius 3 is 2.48 bits per heavy atom. The Balaban J connectivity index is 1.80. The summed E-state index contributed by atoms with van der Waals surface area (Å²) in [5, 5.41) is 10.6. The molecule has 0 saturated heterocycles. The van der Waals surface area contributed by atoms with E-state index in [-0.39, 0.29) is 11.8 Å². The van der Waals surface area contributed by atoms with Gasteiger partial charge in [-0.05, 0) is 65.1 Å². The molecule has 0 spiro atoms. The molecule has 29 heavy (non-hydrogen) atoms. The second-order valence-electron chi connectivity index (χ2n) is 7.25. The van der Waals surface area contributed by atoms with Gasteiger partial charge in [0, 0.05) is 18.1 Å². The number of rotatable bonds is 5. The number of aromatic hydroxyl groups is 1. The molecule has 150 valence electrons. The Morgan fingerprint density at radius 1 is 1.00 bits per heavy atom. The van der Waals surface area contributed by atoms with Crippen LogP contribution >= 0.6 is 11.6 Å². The molecule has 0 aromatic heterocycles. The maximum absolute atomic E-state index is 9.88. The average Bonchev–Trinajstić information content (AvgIpc) is 2.72. The highest BCUT2D eigenvalue weighted by molar-refractivity contribution is 6.30. The number of benzene rings is 3. The van der Waals surface area contributed by atoms with Crippen LogP contribution in [0.1, 0.15) is 28.3 Å². The highest BCUT2D eigenvalue weighted by atomic mass is 35.5. The van der Waals surface area contributed by atoms with Gasteiger partial charge in [0.25, 0.3) is 0 Å². The maximum Gasteiger partial charge on any atom is 0.161 e. The minimum Gasteiger partial charge on any atom is -0.508 e. The first-order valence-electron chi connectivity index (χ1n) is 9.61. The minimum absolute atomic E-state index is 0.0274. The molecule has 0 bridgehead atoms. The quantitative estimate of drug-likeness (QED) is 0.628. The number of nitrogens with zero attached hydrogens (tertiary/aromatic N) is 1. The molecule has 1 aliphatic rings. The van der Waals surface area contributed by atoms with Crippen LogP contribution in [0.2, 0.25) is 5.02 Å². The molecule has 1 aliphatic heterocycles. The van der Waals surface area contributed by atoms with Crippen molar-refractivity contribution in [3.63, 3.8) is 0 Å². The molecular formula is C24H24ClNO3. The van der Waals surface area contributed by atoms with Gasteiger partial charge in [-0.25, -0.2) is 0 Å². The second-order valence-corrected chi connectivity index (χ2v) is 7.69. The summed E-state index contributed by atoms with van der Waals surface area (Å²) in [5.74, 6) is 1.75. The Kier molecular flexibility index (Phi) is 5.65. The fourth-order valence-electron chi connectivity index (χ4n) is 4.12. The van der Waals surface area contributed by atoms with Crippen LogP contribution in [0.25, 0.3) is 0 Å². The van der Waals surface area contributed by atoms with Crippen molar-refractivity contribution in [3.8, 4) is 17.2 Å². The van der Waals surface area contributed by atoms with E-state index in [0.717, 1.165) is 42.1 Å². The molecule has 3 aromatic rings. The number of hydrogen-bond acceptors (Lipinski definition) is 4. The van der Waals surface area contributed by atoms with Gasteiger partial charge >= 0.3 is 0 Å². The molecule has 0 saturated carbocycles. The summed E-state index contributed by atoms with van der Waals surface area (Å²) in [4.78, 5) is 2.41. The van der Waals surface area contributed by atoms with Gasteiger partial charge in [-0.15, -0.1) is 0 Å². The van der Waals surface area contributed by atoms with Crippen LogP contribution in [-0.2, 0) is 13.0 Å². The first kappa shape index (κ1) is 19.6. The van der Waals surface area contributed by atoms with Gasteiger partial charge < -0.3 is 14.6 Å². The third-order valence-electron chi connectivity index (χ3n) is 5.43. The SMILES string of the molecule is COc1cc2c(cc1OC)[C@@H](c1cccc(Cl)c1)N(Cc1cccc(O)c1)CC2. The minimum atomic E-state index is 0.0274. The number of hydrogen-bond donors (Lipinski definition) is 1. The summed E-state index contributed by atoms with van der Waals surface area (Å²) >= 11 is 6.33. The molecule has 0 aliphatic carbocycles. The average molecular weight is 410 g/mol. The van der Waals surface area contributed by atoms with Crippen molar-refractivity contribution in [2.45, 2.75) is 19.0 Å². The van der Waals surface area contributed by atoms with Crippen LogP contribution in [0.3, 0.4) is 0 Å². The van der Waals surface area contributed by atoms with Crippen molar-refractivity contribution < 1.29 is 14.6 Å². The summed E-state index contributed by atoms with van der Waals surface area (Å²) in [6, 6.07) is 19.6. The zero-order valence-electron chi connectivity index (χ0n) is 16.6. The molecule has 4 rings (SSSR count). The number of fused-ring (bicyclic) bond motifs is 1. The topological polar surface area (TPSA) is 41.9 Å². The zero-order valence-corrected chi connectivity index (χ0v) is 17.3. The standard InChI is InChI=1S/C24H24ClNO3/c1-28-22-13-17-9-10-26(15-16-5-3-8-20(27)11-16)24(21(17)14-23(22)29-2)18-6-4-7-19(25)12-18/h3-8,11-14,24,27H,9-10,15H2,1-2H3/t24-/m1/s1. The van der Waals surface area contributed by atoms with Crippen LogP contribution in [0, 0.1) is 0 Å². The molecule has 0 unspecified atom stereocenters. The van der Waals surface area contributed by atoms with E-state index in [0.29, 0.717) is 5.02 Å². The Labute approximate surface area is 176 Å². The summed E-state index contributed by atoms with van der Waals surface area (Å²) in [6.07, 6.45) is 0.908. The van der Waals surface area contributed by atoms with E-state index in [9.17, 15) is 5.11 Å². The number of halogens is 1. The third-order valence-corrected chi connectivity index (χ3v) is 5.67. The predicted octanol–water partition coefficient (Wildman–Crippen LogP) is 5.21. The molecular weight excluding hydrogens is 386 g/mol. The number of ether oxygens (including phenoxy) is 2. The fourth-order valence-corrected chi connectivity index (χ4v) is 4.32. The lowest BCUT2D eigenvalue weighted by molar-refractivity contribution is 0.203. The lowest BCUT2D eigenvalue weighted by Gasteiger charge is -2.38. The van der Waals surface area contributed by atoms with Crippen molar-refractivity contribution in [3.05, 3.63) is 87.9 Å². The van der Waals surface area contributed by atoms with Gasteiger partial charge in [0.1, 0.15) is 5.75 Å². The summed E-state index contributed by atoms with van der Waals surface area (Å²) in [6.45, 7) is 1.61. The number of phenols is 1. The molecule has 5 heteroatoms. The Hall–Kier alpha value is -2.69. The summed E-state index contributed by atoms with van der Waals surface area (Å²) in [5.41, 5.74) is 4.64. The monoisotopic (exact) mass is 409 g/mol. The van der Waals surface area contributed by atoms with E-state index >= 15 is 0 Å². The van der Waals surface area contributed by atoms with Crippen LogP contribution in [-0.4, -0.2) is 30.8 Å². The summed E-state index contributed by atoms with van der Waals surface area (Å²) in [7, 11) is 3.32. The molecule has 0 amide bonds. The summed E-state index contributed by atoms with van der Waals surface area (Å²) < 4.78 is 11.1. The second kappa shape index (κ2) is 8.36. The van der Waals surface area contributed by atoms with E-state index in [4.69, 9.17) is 21.1 Å². The lowest BCUT2D eigenvalue weighted by atomic mass is 9.87. The smallest absolute Gasteiger partial charge is 0.161 e. The van der Waals surface area contributed by atoms with Crippen LogP contribution in [0.4, 0.5) is 0 Å². The van der Waals surface area contributed by atoms with E-state index < -0.39 is 0 Å². The molecule has 0 radical (unpaired) electrons. The van der Waals surface area contributed by atoms with Crippen molar-refractivity contribution in [1.82, 2.24) is 4.90 Å². The molecule has 0 fully saturated rings. The van der Waals surface area contributed by atoms with Gasteiger partial charge in [0.15, 0.2) is 11.5 Å². The third kappa shape index (κ3) is 4.04. The van der Waals surface area contributed by atoms with E-state index in [1.165, 1.54) is 11.1 Å². The fraction of sp³-hybridized carbons (Fsp3) is 0.250. The van der Waals surface area contributed by atoms with E-state index in [2.05, 4.69) is 23.1 Å². The maximum atomic E-state index is 9.88. The highest BCUT2D eigenvalue weighted by Gasteiger charge is 2.30. The van der Waals surface area contributed by atoms with Crippen LogP contribution in [0.5, 0.6) is 17.2 Å². The van der Waals surface area contributed by atoms with Gasteiger partial charge in [-0.3, -0.25) is 4.90 Å². The highest BCUT2D eigenvalue weighted by Crippen LogP contribution is 2.42. The largest absolute Gasteiger partial charge is 0.508 e. The molecule has 1 N–H and O–H groups in total. The van der Waals surface area contributed by atoms with Crippen molar-refractivity contribution in [1.29, 1.82) is 0 Å². The van der Waals surface area contributed by atoms with Gasteiger partial charge in [-0.1, -0.05) is 35.9 Å². The van der Waals surface area contributed by atoms with E-state index in [1.54, 1.807) is 20.3 Å². The van der Waals surface area contributed by atoms with Gasteiger partial charge in [0.05, 0.1) is 20.3 Å². The van der Waals surface area contributed by atoms with Crippen LogP contribution in [0.15, 0.2) is 60.7 Å². The molecule has 1 heterocycles. The predicted molar refractivity (Wildman–Crippen MR) is 115 cm³/mol.